The third-order valence-electron chi connectivity index (χ3n) is 3.22. The molecule has 0 saturated carbocycles. The zero-order chi connectivity index (χ0) is 15.2. The van der Waals surface area contributed by atoms with E-state index in [4.69, 9.17) is 9.47 Å². The van der Waals surface area contributed by atoms with Crippen molar-refractivity contribution < 1.29 is 14.3 Å². The van der Waals surface area contributed by atoms with Crippen molar-refractivity contribution in [2.45, 2.75) is 32.9 Å². The van der Waals surface area contributed by atoms with Gasteiger partial charge in [-0.15, -0.1) is 0 Å². The zero-order valence-corrected chi connectivity index (χ0v) is 14.0. The fourth-order valence-corrected chi connectivity index (χ4v) is 2.86. The van der Waals surface area contributed by atoms with Crippen molar-refractivity contribution in [2.24, 2.45) is 0 Å². The molecule has 2 N–H and O–H groups in total. The normalized spacial score (nSPS) is 17.5. The van der Waals surface area contributed by atoms with Gasteiger partial charge in [-0.3, -0.25) is 0 Å². The highest BCUT2D eigenvalue weighted by Crippen LogP contribution is 2.28. The fourth-order valence-electron chi connectivity index (χ4n) is 2.24. The van der Waals surface area contributed by atoms with E-state index < -0.39 is 0 Å². The average molecular weight is 357 g/mol. The maximum atomic E-state index is 11.0. The van der Waals surface area contributed by atoms with Gasteiger partial charge < -0.3 is 20.1 Å². The van der Waals surface area contributed by atoms with Gasteiger partial charge in [-0.05, 0) is 37.6 Å². The summed E-state index contributed by atoms with van der Waals surface area (Å²) in [6.45, 7) is 6.74. The molecule has 1 aromatic carbocycles. The summed E-state index contributed by atoms with van der Waals surface area (Å²) < 4.78 is 12.0. The molecule has 1 fully saturated rings. The molecule has 0 radical (unpaired) electrons. The van der Waals surface area contributed by atoms with Crippen LogP contribution in [0.3, 0.4) is 0 Å². The van der Waals surface area contributed by atoms with Gasteiger partial charge in [0, 0.05) is 16.6 Å². The van der Waals surface area contributed by atoms with Gasteiger partial charge in [0.25, 0.3) is 0 Å². The van der Waals surface area contributed by atoms with Crippen molar-refractivity contribution in [2.75, 3.05) is 19.7 Å². The Bertz CT molecular complexity index is 508. The van der Waals surface area contributed by atoms with Gasteiger partial charge in [-0.2, -0.15) is 0 Å². The number of carbonyl (C=O) groups excluding carboxylic acids is 1. The van der Waals surface area contributed by atoms with Crippen LogP contribution < -0.4 is 15.4 Å². The summed E-state index contributed by atoms with van der Waals surface area (Å²) in [5.41, 5.74) is 2.17. The molecule has 1 aliphatic heterocycles. The number of rotatable bonds is 7. The topological polar surface area (TPSA) is 59.6 Å². The van der Waals surface area contributed by atoms with Crippen molar-refractivity contribution in [1.82, 2.24) is 10.6 Å². The van der Waals surface area contributed by atoms with Crippen molar-refractivity contribution in [3.8, 4) is 5.75 Å². The second-order valence-electron chi connectivity index (χ2n) is 5.11. The smallest absolute Gasteiger partial charge is 0.407 e. The third-order valence-corrected chi connectivity index (χ3v) is 3.68. The molecule has 116 valence electrons. The second kappa shape index (κ2) is 7.66. The van der Waals surface area contributed by atoms with Crippen molar-refractivity contribution >= 4 is 22.0 Å². The number of hydrogen-bond donors (Lipinski definition) is 2. The standard InChI is InChI=1S/C15H21BrN2O3/c1-3-4-17-7-11-6-12(16)5-10(2)14(11)20-9-13-8-18-15(19)21-13/h5-6,13,17H,3-4,7-9H2,1-2H3,(H,18,19). The number of amides is 1. The van der Waals surface area contributed by atoms with Crippen LogP contribution in [-0.2, 0) is 11.3 Å². The van der Waals surface area contributed by atoms with E-state index in [0.29, 0.717) is 13.2 Å². The minimum absolute atomic E-state index is 0.225. The van der Waals surface area contributed by atoms with E-state index >= 15 is 0 Å². The third kappa shape index (κ3) is 4.61. The summed E-state index contributed by atoms with van der Waals surface area (Å²) in [7, 11) is 0. The molecule has 5 nitrogen and oxygen atoms in total. The van der Waals surface area contributed by atoms with Crippen LogP contribution in [-0.4, -0.2) is 31.9 Å². The van der Waals surface area contributed by atoms with Crippen molar-refractivity contribution in [1.29, 1.82) is 0 Å². The number of aryl methyl sites for hydroxylation is 1. The number of alkyl carbamates (subject to hydrolysis) is 1. The van der Waals surface area contributed by atoms with E-state index in [-0.39, 0.29) is 12.2 Å². The number of carbonyl (C=O) groups is 1. The van der Waals surface area contributed by atoms with Gasteiger partial charge in [0.1, 0.15) is 12.4 Å². The molecule has 1 amide bonds. The van der Waals surface area contributed by atoms with Crippen LogP contribution in [0.5, 0.6) is 5.75 Å². The Hall–Kier alpha value is -1.27. The highest BCUT2D eigenvalue weighted by molar-refractivity contribution is 9.10. The number of halogens is 1. The van der Waals surface area contributed by atoms with E-state index in [1.165, 1.54) is 0 Å². The van der Waals surface area contributed by atoms with Crippen LogP contribution in [0.25, 0.3) is 0 Å². The van der Waals surface area contributed by atoms with Crippen LogP contribution in [0, 0.1) is 6.92 Å². The maximum Gasteiger partial charge on any atom is 0.407 e. The Labute approximate surface area is 133 Å². The van der Waals surface area contributed by atoms with Gasteiger partial charge in [-0.1, -0.05) is 22.9 Å². The summed E-state index contributed by atoms with van der Waals surface area (Å²) in [6, 6.07) is 4.08. The Morgan fingerprint density at radius 1 is 1.52 bits per heavy atom. The lowest BCUT2D eigenvalue weighted by molar-refractivity contribution is 0.104. The molecule has 1 aliphatic rings. The predicted molar refractivity (Wildman–Crippen MR) is 84.6 cm³/mol. The Morgan fingerprint density at radius 3 is 3.00 bits per heavy atom. The molecule has 1 heterocycles. The van der Waals surface area contributed by atoms with Gasteiger partial charge in [-0.25, -0.2) is 4.79 Å². The lowest BCUT2D eigenvalue weighted by Gasteiger charge is -2.17. The molecule has 1 unspecified atom stereocenters. The molecule has 1 aromatic rings. The van der Waals surface area contributed by atoms with Crippen LogP contribution in [0.15, 0.2) is 16.6 Å². The van der Waals surface area contributed by atoms with Crippen LogP contribution in [0.2, 0.25) is 0 Å². The van der Waals surface area contributed by atoms with Crippen LogP contribution in [0.4, 0.5) is 4.79 Å². The molecule has 0 aliphatic carbocycles. The number of ether oxygens (including phenoxy) is 2. The number of benzene rings is 1. The lowest BCUT2D eigenvalue weighted by Crippen LogP contribution is -2.23. The molecule has 2 rings (SSSR count). The molecule has 21 heavy (non-hydrogen) atoms. The average Bonchev–Trinajstić information content (AvgIpc) is 2.83. The molecular weight excluding hydrogens is 336 g/mol. The van der Waals surface area contributed by atoms with E-state index in [1.807, 2.05) is 13.0 Å². The Balaban J connectivity index is 2.03. The zero-order valence-electron chi connectivity index (χ0n) is 12.4. The van der Waals surface area contributed by atoms with Gasteiger partial charge in [0.15, 0.2) is 6.10 Å². The second-order valence-corrected chi connectivity index (χ2v) is 6.02. The summed E-state index contributed by atoms with van der Waals surface area (Å²) in [5, 5.41) is 6.01. The molecule has 1 atom stereocenters. The summed E-state index contributed by atoms with van der Waals surface area (Å²) in [6.07, 6.45) is 0.491. The number of hydrogen-bond acceptors (Lipinski definition) is 4. The quantitative estimate of drug-likeness (QED) is 0.737. The predicted octanol–water partition coefficient (Wildman–Crippen LogP) is 2.74. The van der Waals surface area contributed by atoms with Gasteiger partial charge in [0.05, 0.1) is 6.54 Å². The summed E-state index contributed by atoms with van der Waals surface area (Å²) in [5.74, 6) is 0.866. The van der Waals surface area contributed by atoms with E-state index in [0.717, 1.165) is 40.9 Å². The first kappa shape index (κ1) is 16.1. The number of cyclic esters (lactones) is 1. The van der Waals surface area contributed by atoms with E-state index in [1.54, 1.807) is 0 Å². The molecule has 1 saturated heterocycles. The fraction of sp³-hybridized carbons (Fsp3) is 0.533. The highest BCUT2D eigenvalue weighted by atomic mass is 79.9. The minimum Gasteiger partial charge on any atom is -0.489 e. The molecule has 0 spiro atoms. The van der Waals surface area contributed by atoms with Crippen LogP contribution in [0.1, 0.15) is 24.5 Å². The SMILES string of the molecule is CCCNCc1cc(Br)cc(C)c1OCC1CNC(=O)O1. The van der Waals surface area contributed by atoms with E-state index in [2.05, 4.69) is 39.6 Å². The largest absolute Gasteiger partial charge is 0.489 e. The van der Waals surface area contributed by atoms with Gasteiger partial charge >= 0.3 is 6.09 Å². The first-order chi connectivity index (χ1) is 10.1. The van der Waals surface area contributed by atoms with Crippen LogP contribution >= 0.6 is 15.9 Å². The number of nitrogens with one attached hydrogen (secondary N) is 2. The van der Waals surface area contributed by atoms with Crippen molar-refractivity contribution in [3.63, 3.8) is 0 Å². The van der Waals surface area contributed by atoms with E-state index in [9.17, 15) is 4.79 Å². The highest BCUT2D eigenvalue weighted by Gasteiger charge is 2.23. The first-order valence-electron chi connectivity index (χ1n) is 7.17. The molecular formula is C15H21BrN2O3. The lowest BCUT2D eigenvalue weighted by atomic mass is 10.1. The first-order valence-corrected chi connectivity index (χ1v) is 7.96. The van der Waals surface area contributed by atoms with Gasteiger partial charge in [0.2, 0.25) is 0 Å². The maximum absolute atomic E-state index is 11.0. The Morgan fingerprint density at radius 2 is 2.33 bits per heavy atom. The summed E-state index contributed by atoms with van der Waals surface area (Å²) in [4.78, 5) is 11.0. The molecule has 0 aromatic heterocycles. The monoisotopic (exact) mass is 356 g/mol. The molecule has 6 heteroatoms. The minimum atomic E-state index is -0.374. The van der Waals surface area contributed by atoms with Crippen molar-refractivity contribution in [3.05, 3.63) is 27.7 Å². The Kier molecular flexibility index (Phi) is 5.87. The molecule has 0 bridgehead atoms. The summed E-state index contributed by atoms with van der Waals surface area (Å²) >= 11 is 3.52.